The number of aromatic hydroxyl groups is 1. The van der Waals surface area contributed by atoms with Gasteiger partial charge in [-0.2, -0.15) is 5.26 Å². The molecule has 0 aliphatic heterocycles. The molecule has 0 bridgehead atoms. The van der Waals surface area contributed by atoms with Gasteiger partial charge < -0.3 is 19.5 Å². The minimum atomic E-state index is -0.373. The maximum atomic E-state index is 12.7. The zero-order chi connectivity index (χ0) is 20.5. The van der Waals surface area contributed by atoms with Gasteiger partial charge in [-0.05, 0) is 42.8 Å². The van der Waals surface area contributed by atoms with E-state index in [9.17, 15) is 15.2 Å². The summed E-state index contributed by atoms with van der Waals surface area (Å²) in [5, 5.41) is 19.4. The second-order valence-electron chi connectivity index (χ2n) is 5.71. The molecule has 2 rings (SSSR count). The number of allylic oxidation sites excluding steroid dienone is 2. The summed E-state index contributed by atoms with van der Waals surface area (Å²) < 4.78 is 10.2. The first-order valence-electron chi connectivity index (χ1n) is 8.66. The number of nitriles is 1. The van der Waals surface area contributed by atoms with E-state index in [0.717, 1.165) is 5.69 Å². The monoisotopic (exact) mass is 378 g/mol. The Labute approximate surface area is 164 Å². The Balaban J connectivity index is 2.28. The predicted octanol–water partition coefficient (Wildman–Crippen LogP) is 3.93. The molecule has 0 fully saturated rings. The van der Waals surface area contributed by atoms with Crippen LogP contribution in [0.15, 0.2) is 60.2 Å². The van der Waals surface area contributed by atoms with E-state index in [1.54, 1.807) is 24.3 Å². The number of rotatable bonds is 7. The van der Waals surface area contributed by atoms with Crippen LogP contribution in [0.3, 0.4) is 0 Å². The van der Waals surface area contributed by atoms with Crippen LogP contribution in [0.1, 0.15) is 12.5 Å². The van der Waals surface area contributed by atoms with Gasteiger partial charge >= 0.3 is 0 Å². The normalized spacial score (nSPS) is 11.1. The van der Waals surface area contributed by atoms with Gasteiger partial charge in [0.2, 0.25) is 5.75 Å². The van der Waals surface area contributed by atoms with Crippen molar-refractivity contribution in [1.29, 1.82) is 5.26 Å². The van der Waals surface area contributed by atoms with Crippen LogP contribution in [0.5, 0.6) is 17.2 Å². The molecule has 0 aliphatic carbocycles. The van der Waals surface area contributed by atoms with E-state index < -0.39 is 0 Å². The quantitative estimate of drug-likeness (QED) is 0.448. The number of carbonyl (C=O) groups excluding carboxylic acids is 1. The molecule has 28 heavy (non-hydrogen) atoms. The zero-order valence-corrected chi connectivity index (χ0v) is 16.0. The molecule has 1 N–H and O–H groups in total. The van der Waals surface area contributed by atoms with Gasteiger partial charge in [-0.3, -0.25) is 4.79 Å². The van der Waals surface area contributed by atoms with E-state index in [2.05, 4.69) is 0 Å². The number of hydrogen-bond acceptors (Lipinski definition) is 5. The van der Waals surface area contributed by atoms with Crippen LogP contribution in [0.4, 0.5) is 5.69 Å². The number of nitrogens with zero attached hydrogens (tertiary/aromatic N) is 2. The molecule has 2 aromatic rings. The lowest BCUT2D eigenvalue weighted by atomic mass is 10.1. The third kappa shape index (κ3) is 4.71. The number of phenolic OH excluding ortho intramolecular Hbond substituents is 1. The molecular formula is C22H22N2O4. The van der Waals surface area contributed by atoms with Crippen molar-refractivity contribution in [2.45, 2.75) is 6.92 Å². The molecule has 6 nitrogen and oxygen atoms in total. The molecule has 0 atom stereocenters. The van der Waals surface area contributed by atoms with Crippen molar-refractivity contribution in [2.24, 2.45) is 0 Å². The zero-order valence-electron chi connectivity index (χ0n) is 16.0. The average Bonchev–Trinajstić information content (AvgIpc) is 2.73. The number of hydrogen-bond donors (Lipinski definition) is 1. The number of amides is 1. The lowest BCUT2D eigenvalue weighted by Crippen LogP contribution is -2.31. The van der Waals surface area contributed by atoms with Gasteiger partial charge in [0.25, 0.3) is 5.91 Å². The van der Waals surface area contributed by atoms with Crippen LogP contribution in [-0.4, -0.2) is 31.8 Å². The molecule has 2 aromatic carbocycles. The summed E-state index contributed by atoms with van der Waals surface area (Å²) in [5.74, 6) is 0.0651. The van der Waals surface area contributed by atoms with Crippen LogP contribution < -0.4 is 14.4 Å². The Morgan fingerprint density at radius 2 is 1.79 bits per heavy atom. The number of phenols is 1. The molecule has 6 heteroatoms. The van der Waals surface area contributed by atoms with Gasteiger partial charge in [0.05, 0.1) is 14.2 Å². The number of ether oxygens (including phenoxy) is 2. The fourth-order valence-corrected chi connectivity index (χ4v) is 2.62. The Morgan fingerprint density at radius 1 is 1.18 bits per heavy atom. The highest BCUT2D eigenvalue weighted by atomic mass is 16.5. The SMILES string of the molecule is CCN(C(=O)C(C#N)=CC=Cc1cc(OC)c(O)c(OC)c1)c1ccccc1. The summed E-state index contributed by atoms with van der Waals surface area (Å²) >= 11 is 0. The van der Waals surface area contributed by atoms with Crippen molar-refractivity contribution in [1.82, 2.24) is 0 Å². The highest BCUT2D eigenvalue weighted by Crippen LogP contribution is 2.37. The van der Waals surface area contributed by atoms with Crippen LogP contribution >= 0.6 is 0 Å². The number of para-hydroxylation sites is 1. The van der Waals surface area contributed by atoms with Crippen LogP contribution in [0.25, 0.3) is 6.08 Å². The summed E-state index contributed by atoms with van der Waals surface area (Å²) in [7, 11) is 2.88. The Kier molecular flexibility index (Phi) is 7.23. The van der Waals surface area contributed by atoms with Crippen molar-refractivity contribution in [3.05, 3.63) is 65.8 Å². The first-order valence-corrected chi connectivity index (χ1v) is 8.66. The number of likely N-dealkylation sites (N-methyl/N-ethyl adjacent to an activating group) is 1. The van der Waals surface area contributed by atoms with Crippen molar-refractivity contribution in [2.75, 3.05) is 25.7 Å². The summed E-state index contributed by atoms with van der Waals surface area (Å²) in [5.41, 5.74) is 1.43. The number of carbonyl (C=O) groups is 1. The predicted molar refractivity (Wildman–Crippen MR) is 108 cm³/mol. The van der Waals surface area contributed by atoms with E-state index in [-0.39, 0.29) is 28.7 Å². The molecule has 0 unspecified atom stereocenters. The molecule has 0 radical (unpaired) electrons. The Bertz CT molecular complexity index is 902. The summed E-state index contributed by atoms with van der Waals surface area (Å²) in [6.07, 6.45) is 4.74. The standard InChI is InChI=1S/C22H22N2O4/c1-4-24(18-11-6-5-7-12-18)22(26)17(15-23)10-8-9-16-13-19(27-2)21(25)20(14-16)28-3/h5-14,25H,4H2,1-3H3. The molecule has 144 valence electrons. The van der Waals surface area contributed by atoms with E-state index in [0.29, 0.717) is 12.1 Å². The third-order valence-corrected chi connectivity index (χ3v) is 4.03. The maximum absolute atomic E-state index is 12.7. The molecule has 0 spiro atoms. The van der Waals surface area contributed by atoms with Crippen molar-refractivity contribution >= 4 is 17.7 Å². The fraction of sp³-hybridized carbons (Fsp3) is 0.182. The van der Waals surface area contributed by atoms with E-state index >= 15 is 0 Å². The van der Waals surface area contributed by atoms with Gasteiger partial charge in [-0.15, -0.1) is 0 Å². The minimum Gasteiger partial charge on any atom is -0.502 e. The topological polar surface area (TPSA) is 82.8 Å². The van der Waals surface area contributed by atoms with Gasteiger partial charge in [-0.1, -0.05) is 30.4 Å². The molecule has 0 saturated heterocycles. The summed E-state index contributed by atoms with van der Waals surface area (Å²) in [6.45, 7) is 2.29. The third-order valence-electron chi connectivity index (χ3n) is 4.03. The fourth-order valence-electron chi connectivity index (χ4n) is 2.62. The smallest absolute Gasteiger partial charge is 0.268 e. The minimum absolute atomic E-state index is 0.0136. The molecule has 0 aliphatic rings. The van der Waals surface area contributed by atoms with Gasteiger partial charge in [-0.25, -0.2) is 0 Å². The first-order chi connectivity index (χ1) is 13.5. The summed E-state index contributed by atoms with van der Waals surface area (Å²) in [4.78, 5) is 14.3. The number of anilines is 1. The van der Waals surface area contributed by atoms with Gasteiger partial charge in [0, 0.05) is 12.2 Å². The van der Waals surface area contributed by atoms with Crippen molar-refractivity contribution < 1.29 is 19.4 Å². The van der Waals surface area contributed by atoms with E-state index in [4.69, 9.17) is 9.47 Å². The highest BCUT2D eigenvalue weighted by Gasteiger charge is 2.17. The van der Waals surface area contributed by atoms with Crippen LogP contribution in [0.2, 0.25) is 0 Å². The van der Waals surface area contributed by atoms with E-state index in [1.807, 2.05) is 43.3 Å². The molecule has 0 aromatic heterocycles. The lowest BCUT2D eigenvalue weighted by Gasteiger charge is -2.20. The Hall–Kier alpha value is -3.72. The van der Waals surface area contributed by atoms with Gasteiger partial charge in [0.1, 0.15) is 11.6 Å². The lowest BCUT2D eigenvalue weighted by molar-refractivity contribution is -0.114. The molecular weight excluding hydrogens is 356 g/mol. The number of methoxy groups -OCH3 is 2. The van der Waals surface area contributed by atoms with Crippen molar-refractivity contribution in [3.63, 3.8) is 0 Å². The largest absolute Gasteiger partial charge is 0.502 e. The first kappa shape index (κ1) is 20.6. The van der Waals surface area contributed by atoms with E-state index in [1.165, 1.54) is 25.2 Å². The molecule has 0 heterocycles. The average molecular weight is 378 g/mol. The second kappa shape index (κ2) is 9.83. The van der Waals surface area contributed by atoms with Crippen LogP contribution in [0, 0.1) is 11.3 Å². The number of benzene rings is 2. The molecule has 0 saturated carbocycles. The Morgan fingerprint density at radius 3 is 2.29 bits per heavy atom. The highest BCUT2D eigenvalue weighted by molar-refractivity contribution is 6.08. The summed E-state index contributed by atoms with van der Waals surface area (Å²) in [6, 6.07) is 14.4. The van der Waals surface area contributed by atoms with Crippen molar-refractivity contribution in [3.8, 4) is 23.3 Å². The van der Waals surface area contributed by atoms with Gasteiger partial charge in [0.15, 0.2) is 11.5 Å². The maximum Gasteiger partial charge on any atom is 0.268 e. The second-order valence-corrected chi connectivity index (χ2v) is 5.71. The van der Waals surface area contributed by atoms with Crippen LogP contribution in [-0.2, 0) is 4.79 Å². The molecule has 1 amide bonds.